The molecule has 0 saturated carbocycles. The number of halogens is 1. The number of ether oxygens (including phenoxy) is 1. The molecule has 1 atom stereocenters. The smallest absolute Gasteiger partial charge is 0.189 e. The third-order valence-electron chi connectivity index (χ3n) is 2.40. The minimum atomic E-state index is -0.615. The summed E-state index contributed by atoms with van der Waals surface area (Å²) in [5, 5.41) is 0. The second kappa shape index (κ2) is 3.59. The maximum atomic E-state index is 12.6. The van der Waals surface area contributed by atoms with Gasteiger partial charge in [-0.2, -0.15) is 0 Å². The normalized spacial score (nSPS) is 24.4. The lowest BCUT2D eigenvalue weighted by molar-refractivity contribution is -0.118. The van der Waals surface area contributed by atoms with Crippen LogP contribution >= 0.6 is 0 Å². The molecule has 1 heterocycles. The van der Waals surface area contributed by atoms with Crippen molar-refractivity contribution in [3.8, 4) is 0 Å². The molecule has 0 spiro atoms. The fourth-order valence-electron chi connectivity index (χ4n) is 1.17. The van der Waals surface area contributed by atoms with E-state index in [4.69, 9.17) is 4.74 Å². The molecule has 2 nitrogen and oxygen atoms in total. The van der Waals surface area contributed by atoms with Gasteiger partial charge in [0, 0.05) is 0 Å². The zero-order chi connectivity index (χ0) is 10.9. The molecule has 15 heavy (non-hydrogen) atoms. The molecule has 1 aromatic rings. The molecule has 1 aliphatic heterocycles. The molecule has 1 aromatic carbocycles. The molecular formula is C12H11FO2. The van der Waals surface area contributed by atoms with Gasteiger partial charge in [0.25, 0.3) is 0 Å². The predicted molar refractivity (Wildman–Crippen MR) is 54.8 cm³/mol. The zero-order valence-electron chi connectivity index (χ0n) is 8.37. The van der Waals surface area contributed by atoms with E-state index in [-0.39, 0.29) is 11.6 Å². The fourth-order valence-corrected chi connectivity index (χ4v) is 1.17. The van der Waals surface area contributed by atoms with Crippen LogP contribution in [0.2, 0.25) is 0 Å². The number of benzene rings is 1. The Morgan fingerprint density at radius 2 is 2.07 bits per heavy atom. The van der Waals surface area contributed by atoms with Gasteiger partial charge in [-0.25, -0.2) is 4.39 Å². The molecule has 0 aliphatic carbocycles. The molecule has 0 N–H and O–H groups in total. The lowest BCUT2D eigenvalue weighted by atomic mass is 10.1. The van der Waals surface area contributed by atoms with Crippen molar-refractivity contribution in [2.75, 3.05) is 6.61 Å². The van der Waals surface area contributed by atoms with Crippen LogP contribution in [-0.2, 0) is 9.53 Å². The van der Waals surface area contributed by atoms with Crippen LogP contribution in [0.1, 0.15) is 12.5 Å². The van der Waals surface area contributed by atoms with Crippen LogP contribution in [0.15, 0.2) is 30.3 Å². The highest BCUT2D eigenvalue weighted by Crippen LogP contribution is 2.27. The largest absolute Gasteiger partial charge is 0.361 e. The number of hydrogen-bond acceptors (Lipinski definition) is 2. The fraction of sp³-hybridized carbons (Fsp3) is 0.250. The van der Waals surface area contributed by atoms with Crippen LogP contribution in [0.25, 0.3) is 6.08 Å². The molecule has 78 valence electrons. The van der Waals surface area contributed by atoms with E-state index in [1.165, 1.54) is 18.2 Å². The number of epoxide rings is 1. The lowest BCUT2D eigenvalue weighted by Crippen LogP contribution is -2.17. The number of ketones is 1. The van der Waals surface area contributed by atoms with Crippen molar-refractivity contribution in [3.63, 3.8) is 0 Å². The second-order valence-electron chi connectivity index (χ2n) is 3.77. The number of carbonyl (C=O) groups excluding carboxylic acids is 1. The maximum absolute atomic E-state index is 12.6. The van der Waals surface area contributed by atoms with Gasteiger partial charge in [0.2, 0.25) is 0 Å². The Hall–Kier alpha value is -1.48. The van der Waals surface area contributed by atoms with E-state index in [9.17, 15) is 9.18 Å². The van der Waals surface area contributed by atoms with Crippen LogP contribution in [-0.4, -0.2) is 18.0 Å². The van der Waals surface area contributed by atoms with Crippen LogP contribution in [0.4, 0.5) is 4.39 Å². The van der Waals surface area contributed by atoms with E-state index in [2.05, 4.69) is 0 Å². The Bertz CT molecular complexity index is 402. The van der Waals surface area contributed by atoms with Crippen molar-refractivity contribution >= 4 is 11.9 Å². The third-order valence-corrected chi connectivity index (χ3v) is 2.40. The van der Waals surface area contributed by atoms with E-state index in [1.54, 1.807) is 25.1 Å². The van der Waals surface area contributed by atoms with Crippen molar-refractivity contribution in [1.82, 2.24) is 0 Å². The van der Waals surface area contributed by atoms with E-state index in [1.807, 2.05) is 0 Å². The van der Waals surface area contributed by atoms with Crippen molar-refractivity contribution in [3.05, 3.63) is 41.7 Å². The Morgan fingerprint density at radius 3 is 2.60 bits per heavy atom. The average molecular weight is 206 g/mol. The quantitative estimate of drug-likeness (QED) is 0.560. The van der Waals surface area contributed by atoms with Crippen LogP contribution in [0.5, 0.6) is 0 Å². The molecule has 1 aliphatic rings. The Morgan fingerprint density at radius 1 is 1.47 bits per heavy atom. The van der Waals surface area contributed by atoms with Gasteiger partial charge in [-0.15, -0.1) is 0 Å². The summed E-state index contributed by atoms with van der Waals surface area (Å²) in [6.45, 7) is 2.24. The summed E-state index contributed by atoms with van der Waals surface area (Å²) in [7, 11) is 0. The van der Waals surface area contributed by atoms with Gasteiger partial charge in [-0.1, -0.05) is 18.2 Å². The Kier molecular flexibility index (Phi) is 2.40. The number of carbonyl (C=O) groups is 1. The number of rotatable bonds is 3. The van der Waals surface area contributed by atoms with Gasteiger partial charge in [0.15, 0.2) is 11.4 Å². The first-order chi connectivity index (χ1) is 7.10. The first-order valence-corrected chi connectivity index (χ1v) is 4.72. The summed E-state index contributed by atoms with van der Waals surface area (Å²) in [4.78, 5) is 11.5. The summed E-state index contributed by atoms with van der Waals surface area (Å²) in [5.41, 5.74) is 0.185. The molecule has 3 heteroatoms. The van der Waals surface area contributed by atoms with Crippen LogP contribution < -0.4 is 0 Å². The molecule has 1 fully saturated rings. The highest BCUT2D eigenvalue weighted by molar-refractivity contribution is 6.01. The van der Waals surface area contributed by atoms with E-state index in [0.29, 0.717) is 6.61 Å². The lowest BCUT2D eigenvalue weighted by Gasteiger charge is -1.97. The topological polar surface area (TPSA) is 29.6 Å². The molecule has 1 saturated heterocycles. The summed E-state index contributed by atoms with van der Waals surface area (Å²) < 4.78 is 17.6. The maximum Gasteiger partial charge on any atom is 0.189 e. The molecule has 0 aromatic heterocycles. The molecule has 2 rings (SSSR count). The average Bonchev–Trinajstić information content (AvgIpc) is 2.97. The van der Waals surface area contributed by atoms with Crippen molar-refractivity contribution in [2.24, 2.45) is 0 Å². The molecule has 1 unspecified atom stereocenters. The summed E-state index contributed by atoms with van der Waals surface area (Å²) in [6, 6.07) is 5.96. The van der Waals surface area contributed by atoms with Crippen molar-refractivity contribution in [2.45, 2.75) is 12.5 Å². The highest BCUT2D eigenvalue weighted by Gasteiger charge is 2.45. The van der Waals surface area contributed by atoms with Crippen LogP contribution in [0.3, 0.4) is 0 Å². The van der Waals surface area contributed by atoms with Gasteiger partial charge in [0.1, 0.15) is 5.82 Å². The van der Waals surface area contributed by atoms with Crippen molar-refractivity contribution in [1.29, 1.82) is 0 Å². The van der Waals surface area contributed by atoms with Gasteiger partial charge in [-0.05, 0) is 30.7 Å². The molecule has 0 amide bonds. The molecule has 0 radical (unpaired) electrons. The van der Waals surface area contributed by atoms with E-state index in [0.717, 1.165) is 5.56 Å². The molecule has 0 bridgehead atoms. The third kappa shape index (κ3) is 2.30. The second-order valence-corrected chi connectivity index (χ2v) is 3.77. The predicted octanol–water partition coefficient (Wildman–Crippen LogP) is 2.20. The van der Waals surface area contributed by atoms with E-state index >= 15 is 0 Å². The standard InChI is InChI=1S/C12H11FO2/c1-12(8-15-12)11(14)7-4-9-2-5-10(13)6-3-9/h2-7H,8H2,1H3. The van der Waals surface area contributed by atoms with Gasteiger partial charge in [0.05, 0.1) is 6.61 Å². The van der Waals surface area contributed by atoms with Gasteiger partial charge < -0.3 is 4.74 Å². The summed E-state index contributed by atoms with van der Waals surface area (Å²) in [5.74, 6) is -0.331. The van der Waals surface area contributed by atoms with Gasteiger partial charge >= 0.3 is 0 Å². The minimum absolute atomic E-state index is 0.0492. The summed E-state index contributed by atoms with van der Waals surface area (Å²) in [6.07, 6.45) is 3.13. The van der Waals surface area contributed by atoms with Crippen molar-refractivity contribution < 1.29 is 13.9 Å². The Labute approximate surface area is 87.4 Å². The number of hydrogen-bond donors (Lipinski definition) is 0. The Balaban J connectivity index is 2.05. The van der Waals surface area contributed by atoms with Crippen LogP contribution in [0, 0.1) is 5.82 Å². The van der Waals surface area contributed by atoms with E-state index < -0.39 is 5.60 Å². The minimum Gasteiger partial charge on any atom is -0.361 e. The summed E-state index contributed by atoms with van der Waals surface area (Å²) >= 11 is 0. The van der Waals surface area contributed by atoms with Gasteiger partial charge in [-0.3, -0.25) is 4.79 Å². The first-order valence-electron chi connectivity index (χ1n) is 4.72. The highest BCUT2D eigenvalue weighted by atomic mass is 19.1. The first kappa shape index (κ1) is 10.1. The zero-order valence-corrected chi connectivity index (χ0v) is 8.37. The molecular weight excluding hydrogens is 195 g/mol. The monoisotopic (exact) mass is 206 g/mol. The SMILES string of the molecule is CC1(C(=O)C=Cc2ccc(F)cc2)CO1.